The third kappa shape index (κ3) is 3.07. The summed E-state index contributed by atoms with van der Waals surface area (Å²) in [6.07, 6.45) is -1.10. The van der Waals surface area contributed by atoms with E-state index >= 15 is 0 Å². The van der Waals surface area contributed by atoms with Gasteiger partial charge in [0.15, 0.2) is 12.0 Å². The molecule has 1 atom stereocenters. The SMILES string of the molecule is COC(O)COc1ccc(O)c([N+](=O)[O-])c1. The average molecular weight is 229 g/mol. The maximum Gasteiger partial charge on any atom is 0.314 e. The second-order valence-corrected chi connectivity index (χ2v) is 2.91. The molecule has 0 amide bonds. The number of nitro groups is 1. The number of rotatable bonds is 5. The minimum absolute atomic E-state index is 0.154. The van der Waals surface area contributed by atoms with Gasteiger partial charge in [-0.15, -0.1) is 0 Å². The summed E-state index contributed by atoms with van der Waals surface area (Å²) >= 11 is 0. The van der Waals surface area contributed by atoms with E-state index in [1.807, 2.05) is 0 Å². The molecule has 1 unspecified atom stereocenters. The second kappa shape index (κ2) is 5.29. The van der Waals surface area contributed by atoms with Crippen molar-refractivity contribution in [2.24, 2.45) is 0 Å². The summed E-state index contributed by atoms with van der Waals surface area (Å²) in [6, 6.07) is 3.56. The molecular formula is C9H11NO6. The zero-order valence-corrected chi connectivity index (χ0v) is 8.49. The van der Waals surface area contributed by atoms with Crippen LogP contribution in [0.3, 0.4) is 0 Å². The Hall–Kier alpha value is -1.86. The molecule has 0 fully saturated rings. The summed E-state index contributed by atoms with van der Waals surface area (Å²) in [7, 11) is 1.30. The van der Waals surface area contributed by atoms with Crippen LogP contribution in [0.15, 0.2) is 18.2 Å². The number of aliphatic hydroxyl groups is 1. The van der Waals surface area contributed by atoms with Crippen molar-refractivity contribution in [1.82, 2.24) is 0 Å². The Labute approximate surface area is 91.0 Å². The van der Waals surface area contributed by atoms with Gasteiger partial charge in [0.1, 0.15) is 12.4 Å². The van der Waals surface area contributed by atoms with E-state index in [0.29, 0.717) is 0 Å². The topological polar surface area (TPSA) is 102 Å². The average Bonchev–Trinajstić information content (AvgIpc) is 2.27. The van der Waals surface area contributed by atoms with Crippen molar-refractivity contribution >= 4 is 5.69 Å². The number of hydrogen-bond donors (Lipinski definition) is 2. The van der Waals surface area contributed by atoms with E-state index in [9.17, 15) is 10.1 Å². The number of methoxy groups -OCH3 is 1. The van der Waals surface area contributed by atoms with Gasteiger partial charge < -0.3 is 19.7 Å². The maximum absolute atomic E-state index is 10.5. The van der Waals surface area contributed by atoms with E-state index in [4.69, 9.17) is 14.9 Å². The normalized spacial score (nSPS) is 12.1. The highest BCUT2D eigenvalue weighted by molar-refractivity contribution is 5.49. The fourth-order valence-electron chi connectivity index (χ4n) is 0.975. The predicted octanol–water partition coefficient (Wildman–Crippen LogP) is 0.644. The molecule has 7 heteroatoms. The number of phenolic OH excluding ortho intramolecular Hbond substituents is 1. The van der Waals surface area contributed by atoms with Crippen LogP contribution in [0.2, 0.25) is 0 Å². The van der Waals surface area contributed by atoms with Crippen molar-refractivity contribution < 1.29 is 24.6 Å². The molecule has 0 saturated heterocycles. The van der Waals surface area contributed by atoms with Gasteiger partial charge >= 0.3 is 5.69 Å². The first-order valence-corrected chi connectivity index (χ1v) is 4.35. The number of hydrogen-bond acceptors (Lipinski definition) is 6. The Kier molecular flexibility index (Phi) is 4.03. The van der Waals surface area contributed by atoms with Crippen molar-refractivity contribution in [2.45, 2.75) is 6.29 Å². The zero-order chi connectivity index (χ0) is 12.1. The fraction of sp³-hybridized carbons (Fsp3) is 0.333. The highest BCUT2D eigenvalue weighted by atomic mass is 16.6. The molecule has 1 aromatic carbocycles. The highest BCUT2D eigenvalue weighted by Crippen LogP contribution is 2.29. The largest absolute Gasteiger partial charge is 0.502 e. The van der Waals surface area contributed by atoms with Crippen LogP contribution in [0, 0.1) is 10.1 Å². The third-order valence-corrected chi connectivity index (χ3v) is 1.81. The Morgan fingerprint density at radius 2 is 2.25 bits per heavy atom. The van der Waals surface area contributed by atoms with E-state index in [-0.39, 0.29) is 12.4 Å². The molecule has 0 aliphatic carbocycles. The molecule has 0 spiro atoms. The lowest BCUT2D eigenvalue weighted by Crippen LogP contribution is -2.19. The number of aliphatic hydroxyl groups excluding tert-OH is 1. The molecule has 0 radical (unpaired) electrons. The number of phenols is 1. The standard InChI is InChI=1S/C9H11NO6/c1-15-9(12)5-16-6-2-3-8(11)7(4-6)10(13)14/h2-4,9,11-12H,5H2,1H3. The molecule has 0 aromatic heterocycles. The maximum atomic E-state index is 10.5. The van der Waals surface area contributed by atoms with E-state index < -0.39 is 22.7 Å². The molecular weight excluding hydrogens is 218 g/mol. The molecule has 0 heterocycles. The summed E-state index contributed by atoms with van der Waals surface area (Å²) in [5.41, 5.74) is -0.454. The first-order valence-electron chi connectivity index (χ1n) is 4.35. The highest BCUT2D eigenvalue weighted by Gasteiger charge is 2.14. The van der Waals surface area contributed by atoms with E-state index in [0.717, 1.165) is 12.1 Å². The smallest absolute Gasteiger partial charge is 0.314 e. The number of ether oxygens (including phenoxy) is 2. The monoisotopic (exact) mass is 229 g/mol. The minimum Gasteiger partial charge on any atom is -0.502 e. The van der Waals surface area contributed by atoms with Crippen LogP contribution < -0.4 is 4.74 Å². The van der Waals surface area contributed by atoms with Crippen LogP contribution in [-0.4, -0.2) is 35.1 Å². The predicted molar refractivity (Wildman–Crippen MR) is 53.3 cm³/mol. The van der Waals surface area contributed by atoms with Gasteiger partial charge in [-0.1, -0.05) is 0 Å². The van der Waals surface area contributed by atoms with Gasteiger partial charge in [-0.3, -0.25) is 10.1 Å². The zero-order valence-electron chi connectivity index (χ0n) is 8.49. The summed E-state index contributed by atoms with van der Waals surface area (Å²) < 4.78 is 9.53. The third-order valence-electron chi connectivity index (χ3n) is 1.81. The molecule has 0 aliphatic heterocycles. The van der Waals surface area contributed by atoms with Crippen LogP contribution in [0.5, 0.6) is 11.5 Å². The number of aromatic hydroxyl groups is 1. The van der Waals surface area contributed by atoms with Gasteiger partial charge in [-0.2, -0.15) is 0 Å². The Morgan fingerprint density at radius 3 is 2.81 bits per heavy atom. The van der Waals surface area contributed by atoms with Gasteiger partial charge in [-0.25, -0.2) is 0 Å². The van der Waals surface area contributed by atoms with E-state index in [1.165, 1.54) is 13.2 Å². The molecule has 0 bridgehead atoms. The van der Waals surface area contributed by atoms with Crippen LogP contribution >= 0.6 is 0 Å². The first-order chi connectivity index (χ1) is 7.54. The van der Waals surface area contributed by atoms with Gasteiger partial charge in [-0.05, 0) is 12.1 Å². The van der Waals surface area contributed by atoms with Gasteiger partial charge in [0.25, 0.3) is 0 Å². The number of benzene rings is 1. The Bertz CT molecular complexity index is 380. The van der Waals surface area contributed by atoms with Gasteiger partial charge in [0, 0.05) is 7.11 Å². The lowest BCUT2D eigenvalue weighted by atomic mass is 10.3. The van der Waals surface area contributed by atoms with Crippen molar-refractivity contribution in [1.29, 1.82) is 0 Å². The quantitative estimate of drug-likeness (QED) is 0.436. The number of nitro benzene ring substituents is 1. The molecule has 16 heavy (non-hydrogen) atoms. The molecule has 0 saturated carbocycles. The Morgan fingerprint density at radius 1 is 1.56 bits per heavy atom. The second-order valence-electron chi connectivity index (χ2n) is 2.91. The molecule has 1 aromatic rings. The minimum atomic E-state index is -1.10. The molecule has 2 N–H and O–H groups in total. The van der Waals surface area contributed by atoms with Crippen molar-refractivity contribution in [3.63, 3.8) is 0 Å². The first kappa shape index (κ1) is 12.2. The lowest BCUT2D eigenvalue weighted by Gasteiger charge is -2.10. The van der Waals surface area contributed by atoms with Crippen molar-refractivity contribution in [2.75, 3.05) is 13.7 Å². The lowest BCUT2D eigenvalue weighted by molar-refractivity contribution is -0.386. The fourth-order valence-corrected chi connectivity index (χ4v) is 0.975. The summed E-state index contributed by atoms with van der Waals surface area (Å²) in [4.78, 5) is 9.76. The van der Waals surface area contributed by atoms with Gasteiger partial charge in [0.05, 0.1) is 11.0 Å². The number of nitrogens with zero attached hydrogens (tertiary/aromatic N) is 1. The summed E-state index contributed by atoms with van der Waals surface area (Å²) in [6.45, 7) is -0.154. The van der Waals surface area contributed by atoms with Crippen molar-refractivity contribution in [3.05, 3.63) is 28.3 Å². The summed E-state index contributed by atoms with van der Waals surface area (Å²) in [5, 5.41) is 28.7. The van der Waals surface area contributed by atoms with Crippen LogP contribution in [-0.2, 0) is 4.74 Å². The van der Waals surface area contributed by atoms with E-state index in [1.54, 1.807) is 0 Å². The molecule has 1 rings (SSSR count). The van der Waals surface area contributed by atoms with Crippen LogP contribution in [0.4, 0.5) is 5.69 Å². The Balaban J connectivity index is 2.75. The van der Waals surface area contributed by atoms with Crippen molar-refractivity contribution in [3.8, 4) is 11.5 Å². The van der Waals surface area contributed by atoms with E-state index in [2.05, 4.69) is 4.74 Å². The van der Waals surface area contributed by atoms with Crippen LogP contribution in [0.1, 0.15) is 0 Å². The van der Waals surface area contributed by atoms with Crippen LogP contribution in [0.25, 0.3) is 0 Å². The molecule has 7 nitrogen and oxygen atoms in total. The molecule has 88 valence electrons. The molecule has 0 aliphatic rings. The summed E-state index contributed by atoms with van der Waals surface area (Å²) in [5.74, 6) is -0.273. The van der Waals surface area contributed by atoms with Gasteiger partial charge in [0.2, 0.25) is 0 Å².